The predicted octanol–water partition coefficient (Wildman–Crippen LogP) is 9.26. The number of halogens is 2. The largest absolute Gasteiger partial charge is 0.356 e. The molecule has 0 saturated carbocycles. The molecule has 0 spiro atoms. The van der Waals surface area contributed by atoms with E-state index in [0.29, 0.717) is 12.8 Å². The molecule has 2 unspecified atom stereocenters. The molecule has 0 aliphatic rings. The normalized spacial score (nSPS) is 15.7. The monoisotopic (exact) mass is 810 g/mol. The maximum atomic E-state index is 13.3. The Morgan fingerprint density at radius 3 is 1.68 bits per heavy atom. The van der Waals surface area contributed by atoms with Crippen molar-refractivity contribution in [3.63, 3.8) is 0 Å². The van der Waals surface area contributed by atoms with Crippen LogP contribution in [0.2, 0.25) is 0 Å². The van der Waals surface area contributed by atoms with Crippen molar-refractivity contribution in [1.82, 2.24) is 0 Å². The van der Waals surface area contributed by atoms with Gasteiger partial charge in [-0.05, 0) is 94.5 Å². The maximum absolute atomic E-state index is 13.3. The van der Waals surface area contributed by atoms with Gasteiger partial charge in [0.2, 0.25) is 19.7 Å². The van der Waals surface area contributed by atoms with Gasteiger partial charge in [-0.15, -0.1) is 0 Å². The Bertz CT molecular complexity index is 1590. The predicted molar refractivity (Wildman–Crippen MR) is 196 cm³/mol. The first-order valence-electron chi connectivity index (χ1n) is 15.5. The molecular weight excluding hydrogens is 768 g/mol. The van der Waals surface area contributed by atoms with Crippen molar-refractivity contribution in [3.05, 3.63) is 118 Å². The highest BCUT2D eigenvalue weighted by Crippen LogP contribution is 2.26. The molecule has 0 aliphatic carbocycles. The molecule has 2 aromatic carbocycles. The molecular formula is C36H44Br2O7S2. The fourth-order valence-corrected chi connectivity index (χ4v) is 7.14. The lowest BCUT2D eigenvalue weighted by atomic mass is 10.1. The van der Waals surface area contributed by atoms with E-state index in [9.17, 15) is 21.6 Å². The summed E-state index contributed by atoms with van der Waals surface area (Å²) in [5, 5.41) is 0. The van der Waals surface area contributed by atoms with Crippen molar-refractivity contribution in [3.8, 4) is 0 Å². The second-order valence-electron chi connectivity index (χ2n) is 10.5. The maximum Gasteiger partial charge on any atom is 0.204 e. The second kappa shape index (κ2) is 21.5. The third-order valence-electron chi connectivity index (χ3n) is 6.98. The molecule has 2 rings (SSSR count). The number of hydrogen-bond donors (Lipinski definition) is 0. The summed E-state index contributed by atoms with van der Waals surface area (Å²) in [4.78, 5) is 10.6. The minimum Gasteiger partial charge on any atom is -0.356 e. The van der Waals surface area contributed by atoms with Gasteiger partial charge in [0.1, 0.15) is 12.4 Å². The molecule has 0 radical (unpaired) electrons. The van der Waals surface area contributed by atoms with Gasteiger partial charge in [0.25, 0.3) is 0 Å². The number of allylic oxidation sites excluding steroid dienone is 9. The summed E-state index contributed by atoms with van der Waals surface area (Å²) in [6, 6.07) is 12.6. The molecule has 256 valence electrons. The molecule has 7 nitrogen and oxygen atoms in total. The van der Waals surface area contributed by atoms with E-state index in [-0.39, 0.29) is 9.79 Å². The zero-order chi connectivity index (χ0) is 34.7. The number of aldehydes is 1. The first kappa shape index (κ1) is 40.8. The number of carbonyl (C=O) groups is 1. The number of sulfone groups is 2. The Morgan fingerprint density at radius 1 is 0.660 bits per heavy atom. The van der Waals surface area contributed by atoms with Crippen molar-refractivity contribution >= 4 is 57.8 Å². The quantitative estimate of drug-likeness (QED) is 0.0536. The van der Waals surface area contributed by atoms with E-state index in [1.165, 1.54) is 38.1 Å². The third kappa shape index (κ3) is 14.3. The molecule has 0 bridgehead atoms. The highest BCUT2D eigenvalue weighted by atomic mass is 79.9. The minimum atomic E-state index is -3.86. The van der Waals surface area contributed by atoms with Gasteiger partial charge in [-0.3, -0.25) is 0 Å². The van der Waals surface area contributed by atoms with Crippen molar-refractivity contribution < 1.29 is 31.1 Å². The summed E-state index contributed by atoms with van der Waals surface area (Å²) >= 11 is 6.65. The van der Waals surface area contributed by atoms with Crippen LogP contribution in [0.5, 0.6) is 0 Å². The number of ether oxygens (including phenoxy) is 2. The average Bonchev–Trinajstić information content (AvgIpc) is 3.05. The Labute approximate surface area is 297 Å². The molecule has 2 aromatic rings. The Hall–Kier alpha value is -2.41. The van der Waals surface area contributed by atoms with Crippen LogP contribution < -0.4 is 0 Å². The summed E-state index contributed by atoms with van der Waals surface area (Å²) in [5.74, 6) is 0. The lowest BCUT2D eigenvalue weighted by molar-refractivity contribution is -0.107. The van der Waals surface area contributed by atoms with E-state index < -0.39 is 42.8 Å². The fourth-order valence-electron chi connectivity index (χ4n) is 4.25. The summed E-state index contributed by atoms with van der Waals surface area (Å²) in [6.45, 7) is 4.76. The van der Waals surface area contributed by atoms with Crippen molar-refractivity contribution in [2.75, 3.05) is 0 Å². The summed E-state index contributed by atoms with van der Waals surface area (Å²) < 4.78 is 67.0. The standard InChI is InChI=1S/C36H44Br2O7S2/c1-4-35(44-29(2)46(40,41)33-24-20-31(37)21-25-33)36(45-30(3)47(42,43)34-26-22-32(38)23-27-34)19-17-15-13-11-9-7-5-6-8-10-12-14-16-18-28-39/h5-6,9-13,15,17,19-30,35-36H,4,7-8,14,16,18H2,1-3H3/b6-5-,11-9-,12-10-,15-13+,19-17+/t29?,30?,35-,36+/m1/s1. The van der Waals surface area contributed by atoms with Crippen molar-refractivity contribution in [2.24, 2.45) is 0 Å². The molecule has 47 heavy (non-hydrogen) atoms. The van der Waals surface area contributed by atoms with Gasteiger partial charge in [0, 0.05) is 15.4 Å². The smallest absolute Gasteiger partial charge is 0.204 e. The first-order valence-corrected chi connectivity index (χ1v) is 20.1. The van der Waals surface area contributed by atoms with Crippen LogP contribution in [0.4, 0.5) is 0 Å². The van der Waals surface area contributed by atoms with E-state index in [1.54, 1.807) is 42.5 Å². The second-order valence-corrected chi connectivity index (χ2v) is 16.8. The zero-order valence-corrected chi connectivity index (χ0v) is 31.8. The van der Waals surface area contributed by atoms with E-state index in [1.807, 2.05) is 25.2 Å². The molecule has 0 amide bonds. The third-order valence-corrected chi connectivity index (χ3v) is 11.9. The number of unbranched alkanes of at least 4 members (excludes halogenated alkanes) is 2. The number of rotatable bonds is 21. The average molecular weight is 813 g/mol. The molecule has 0 aliphatic heterocycles. The van der Waals surface area contributed by atoms with Crippen LogP contribution in [-0.2, 0) is 33.9 Å². The summed E-state index contributed by atoms with van der Waals surface area (Å²) in [5.41, 5.74) is -2.45. The van der Waals surface area contributed by atoms with Gasteiger partial charge >= 0.3 is 0 Å². The number of hydrogen-bond acceptors (Lipinski definition) is 7. The van der Waals surface area contributed by atoms with Gasteiger partial charge in [-0.2, -0.15) is 0 Å². The molecule has 0 heterocycles. The highest BCUT2D eigenvalue weighted by Gasteiger charge is 2.33. The molecule has 0 N–H and O–H groups in total. The van der Waals surface area contributed by atoms with Gasteiger partial charge in [-0.25, -0.2) is 16.8 Å². The van der Waals surface area contributed by atoms with E-state index >= 15 is 0 Å². The molecule has 0 fully saturated rings. The van der Waals surface area contributed by atoms with Crippen LogP contribution in [0.25, 0.3) is 0 Å². The van der Waals surface area contributed by atoms with Gasteiger partial charge in [0.05, 0.1) is 15.9 Å². The van der Waals surface area contributed by atoms with Crippen LogP contribution in [0.3, 0.4) is 0 Å². The number of benzene rings is 2. The fraction of sp³-hybridized carbons (Fsp3) is 0.361. The first-order chi connectivity index (χ1) is 22.4. The van der Waals surface area contributed by atoms with Crippen molar-refractivity contribution in [1.29, 1.82) is 0 Å². The molecule has 0 saturated heterocycles. The summed E-state index contributed by atoms with van der Waals surface area (Å²) in [7, 11) is -7.70. The Balaban J connectivity index is 2.15. The van der Waals surface area contributed by atoms with Crippen LogP contribution >= 0.6 is 31.9 Å². The van der Waals surface area contributed by atoms with Crippen LogP contribution in [0.15, 0.2) is 128 Å². The van der Waals surface area contributed by atoms with Gasteiger partial charge in [0.15, 0.2) is 10.9 Å². The van der Waals surface area contributed by atoms with E-state index in [0.717, 1.165) is 40.9 Å². The highest BCUT2D eigenvalue weighted by molar-refractivity contribution is 9.10. The minimum absolute atomic E-state index is 0.112. The van der Waals surface area contributed by atoms with Gasteiger partial charge in [-0.1, -0.05) is 99.5 Å². The van der Waals surface area contributed by atoms with Crippen LogP contribution in [0, 0.1) is 0 Å². The lowest BCUT2D eigenvalue weighted by Gasteiger charge is -2.29. The molecule has 4 atom stereocenters. The summed E-state index contributed by atoms with van der Waals surface area (Å²) in [6.07, 6.45) is 23.0. The van der Waals surface area contributed by atoms with E-state index in [2.05, 4.69) is 56.2 Å². The van der Waals surface area contributed by atoms with Crippen molar-refractivity contribution in [2.45, 2.75) is 92.2 Å². The van der Waals surface area contributed by atoms with Crippen LogP contribution in [0.1, 0.15) is 59.3 Å². The Morgan fingerprint density at radius 2 is 1.15 bits per heavy atom. The zero-order valence-electron chi connectivity index (χ0n) is 27.0. The van der Waals surface area contributed by atoms with E-state index in [4.69, 9.17) is 9.47 Å². The van der Waals surface area contributed by atoms with Gasteiger partial charge < -0.3 is 14.3 Å². The topological polar surface area (TPSA) is 104 Å². The lowest BCUT2D eigenvalue weighted by Crippen LogP contribution is -2.38. The molecule has 0 aromatic heterocycles. The SMILES string of the molecule is CC[C@@H](OC(C)S(=O)(=O)c1ccc(Br)cc1)[C@H](/C=C/C=C/C=C\C/C=C\C/C=C\CCCC=O)OC(C)S(=O)(=O)c1ccc(Br)cc1. The van der Waals surface area contributed by atoms with Crippen LogP contribution in [-0.4, -0.2) is 46.2 Å². The Kier molecular flexibility index (Phi) is 18.7. The molecule has 11 heteroatoms. The number of carbonyl (C=O) groups excluding carboxylic acids is 1.